The minimum Gasteiger partial charge on any atom is -0.398 e. The first-order valence-electron chi connectivity index (χ1n) is 6.12. The molecule has 1 heterocycles. The van der Waals surface area contributed by atoms with Gasteiger partial charge < -0.3 is 15.8 Å². The Morgan fingerprint density at radius 1 is 1.59 bits per heavy atom. The lowest BCUT2D eigenvalue weighted by Crippen LogP contribution is -2.56. The molecule has 1 fully saturated rings. The molecule has 1 aromatic heterocycles. The molecule has 1 unspecified atom stereocenters. The Hall–Kier alpha value is -1.13. The van der Waals surface area contributed by atoms with Gasteiger partial charge in [0, 0.05) is 31.2 Å². The number of hydrogen-bond acceptors (Lipinski definition) is 4. The molecule has 0 aromatic carbocycles. The summed E-state index contributed by atoms with van der Waals surface area (Å²) in [7, 11) is 3.78. The third-order valence-electron chi connectivity index (χ3n) is 3.96. The smallest absolute Gasteiger partial charge is 0.0834 e. The number of nitrogens with one attached hydrogen (secondary N) is 1. The Morgan fingerprint density at radius 2 is 2.35 bits per heavy atom. The predicted octanol–water partition coefficient (Wildman–Crippen LogP) is 1.36. The molecule has 0 saturated heterocycles. The van der Waals surface area contributed by atoms with Gasteiger partial charge in [-0.3, -0.25) is 4.98 Å². The normalized spacial score (nSPS) is 19.6. The molecule has 4 heteroatoms. The Kier molecular flexibility index (Phi) is 3.64. The molecule has 3 N–H and O–H groups in total. The highest BCUT2D eigenvalue weighted by molar-refractivity contribution is 5.44. The van der Waals surface area contributed by atoms with Gasteiger partial charge in [-0.05, 0) is 44.4 Å². The fourth-order valence-corrected chi connectivity index (χ4v) is 2.60. The first-order chi connectivity index (χ1) is 8.22. The zero-order valence-corrected chi connectivity index (χ0v) is 10.6. The van der Waals surface area contributed by atoms with E-state index in [1.165, 1.54) is 6.42 Å². The van der Waals surface area contributed by atoms with E-state index in [4.69, 9.17) is 10.5 Å². The van der Waals surface area contributed by atoms with Crippen LogP contribution in [0.4, 0.5) is 5.69 Å². The number of nitrogens with zero attached hydrogens (tertiary/aromatic N) is 1. The van der Waals surface area contributed by atoms with E-state index in [1.54, 1.807) is 13.3 Å². The summed E-state index contributed by atoms with van der Waals surface area (Å²) in [5.74, 6) is 0. The molecule has 1 aromatic rings. The van der Waals surface area contributed by atoms with Crippen molar-refractivity contribution in [2.75, 3.05) is 19.9 Å². The summed E-state index contributed by atoms with van der Waals surface area (Å²) in [5.41, 5.74) is 7.85. The van der Waals surface area contributed by atoms with Gasteiger partial charge in [0.05, 0.1) is 5.60 Å². The minimum absolute atomic E-state index is 0.0168. The van der Waals surface area contributed by atoms with Crippen molar-refractivity contribution in [2.45, 2.75) is 37.3 Å². The summed E-state index contributed by atoms with van der Waals surface area (Å²) in [6.07, 6.45) is 7.92. The minimum atomic E-state index is -0.0168. The van der Waals surface area contributed by atoms with Crippen molar-refractivity contribution >= 4 is 5.69 Å². The second kappa shape index (κ2) is 5.02. The first-order valence-corrected chi connectivity index (χ1v) is 6.12. The first kappa shape index (κ1) is 12.3. The van der Waals surface area contributed by atoms with Crippen molar-refractivity contribution in [3.8, 4) is 0 Å². The van der Waals surface area contributed by atoms with E-state index < -0.39 is 0 Å². The van der Waals surface area contributed by atoms with Crippen molar-refractivity contribution in [2.24, 2.45) is 0 Å². The van der Waals surface area contributed by atoms with Gasteiger partial charge in [0.15, 0.2) is 0 Å². The number of hydrogen-bond donors (Lipinski definition) is 2. The van der Waals surface area contributed by atoms with Crippen LogP contribution >= 0.6 is 0 Å². The van der Waals surface area contributed by atoms with Crippen LogP contribution in [0.3, 0.4) is 0 Å². The average molecular weight is 235 g/mol. The average Bonchev–Trinajstić information content (AvgIpc) is 2.29. The lowest BCUT2D eigenvalue weighted by molar-refractivity contribution is -0.0966. The number of anilines is 1. The molecule has 1 aliphatic rings. The number of nitrogen functional groups attached to an aromatic ring is 1. The zero-order chi connectivity index (χ0) is 12.3. The van der Waals surface area contributed by atoms with Gasteiger partial charge >= 0.3 is 0 Å². The van der Waals surface area contributed by atoms with E-state index >= 15 is 0 Å². The summed E-state index contributed by atoms with van der Waals surface area (Å²) in [5, 5.41) is 3.36. The van der Waals surface area contributed by atoms with Gasteiger partial charge in [-0.15, -0.1) is 0 Å². The van der Waals surface area contributed by atoms with Crippen molar-refractivity contribution in [3.63, 3.8) is 0 Å². The maximum atomic E-state index is 5.96. The number of likely N-dealkylation sites (N-methyl/N-ethyl adjacent to an activating group) is 1. The van der Waals surface area contributed by atoms with Crippen LogP contribution in [0.1, 0.15) is 24.8 Å². The number of methoxy groups -OCH3 is 1. The van der Waals surface area contributed by atoms with Crippen LogP contribution in [-0.2, 0) is 11.2 Å². The summed E-state index contributed by atoms with van der Waals surface area (Å²) in [6, 6.07) is 2.15. The number of ether oxygens (including phenoxy) is 1. The molecule has 0 bridgehead atoms. The van der Waals surface area contributed by atoms with Gasteiger partial charge in [0.2, 0.25) is 0 Å². The van der Waals surface area contributed by atoms with Gasteiger partial charge in [0.25, 0.3) is 0 Å². The molecule has 0 amide bonds. The standard InChI is InChI=1S/C13H21N3O/c1-15-12(13(17-2)5-3-6-13)8-10-9-16-7-4-11(10)14/h4,7,9,12,15H,3,5-6,8H2,1-2H3,(H2,14,16). The van der Waals surface area contributed by atoms with E-state index in [1.807, 2.05) is 19.3 Å². The van der Waals surface area contributed by atoms with E-state index in [0.717, 1.165) is 30.5 Å². The highest BCUT2D eigenvalue weighted by Crippen LogP contribution is 2.39. The van der Waals surface area contributed by atoms with E-state index in [2.05, 4.69) is 10.3 Å². The van der Waals surface area contributed by atoms with Gasteiger partial charge in [0.1, 0.15) is 0 Å². The van der Waals surface area contributed by atoms with Crippen LogP contribution in [-0.4, -0.2) is 30.8 Å². The van der Waals surface area contributed by atoms with Crippen LogP contribution in [0, 0.1) is 0 Å². The van der Waals surface area contributed by atoms with Crippen LogP contribution < -0.4 is 11.1 Å². The summed E-state index contributed by atoms with van der Waals surface area (Å²) < 4.78 is 5.72. The molecule has 1 saturated carbocycles. The van der Waals surface area contributed by atoms with Gasteiger partial charge in [-0.25, -0.2) is 0 Å². The molecule has 94 valence electrons. The summed E-state index contributed by atoms with van der Waals surface area (Å²) in [4.78, 5) is 4.14. The molecule has 0 radical (unpaired) electrons. The molecule has 2 rings (SSSR count). The number of pyridine rings is 1. The highest BCUT2D eigenvalue weighted by atomic mass is 16.5. The number of nitrogens with two attached hydrogens (primary N) is 1. The number of aromatic nitrogens is 1. The molecule has 0 spiro atoms. The zero-order valence-electron chi connectivity index (χ0n) is 10.6. The van der Waals surface area contributed by atoms with Crippen molar-refractivity contribution in [1.29, 1.82) is 0 Å². The Morgan fingerprint density at radius 3 is 2.82 bits per heavy atom. The monoisotopic (exact) mass is 235 g/mol. The Labute approximate surface area is 103 Å². The SMILES string of the molecule is CNC(Cc1cnccc1N)C1(OC)CCC1. The Balaban J connectivity index is 2.13. The van der Waals surface area contributed by atoms with Crippen molar-refractivity contribution < 1.29 is 4.74 Å². The predicted molar refractivity (Wildman–Crippen MR) is 68.8 cm³/mol. The lowest BCUT2D eigenvalue weighted by Gasteiger charge is -2.46. The lowest BCUT2D eigenvalue weighted by atomic mass is 9.72. The highest BCUT2D eigenvalue weighted by Gasteiger charge is 2.43. The maximum absolute atomic E-state index is 5.96. The summed E-state index contributed by atoms with van der Waals surface area (Å²) >= 11 is 0. The molecule has 0 aliphatic heterocycles. The third-order valence-corrected chi connectivity index (χ3v) is 3.96. The largest absolute Gasteiger partial charge is 0.398 e. The molecule has 1 atom stereocenters. The fourth-order valence-electron chi connectivity index (χ4n) is 2.60. The third kappa shape index (κ3) is 2.28. The van der Waals surface area contributed by atoms with Gasteiger partial charge in [-0.1, -0.05) is 0 Å². The summed E-state index contributed by atoms with van der Waals surface area (Å²) in [6.45, 7) is 0. The van der Waals surface area contributed by atoms with E-state index in [-0.39, 0.29) is 5.60 Å². The van der Waals surface area contributed by atoms with E-state index in [9.17, 15) is 0 Å². The molecule has 4 nitrogen and oxygen atoms in total. The van der Waals surface area contributed by atoms with Crippen molar-refractivity contribution in [3.05, 3.63) is 24.0 Å². The molecule has 17 heavy (non-hydrogen) atoms. The van der Waals surface area contributed by atoms with Crippen LogP contribution in [0.25, 0.3) is 0 Å². The molecular formula is C13H21N3O. The second-order valence-electron chi connectivity index (χ2n) is 4.74. The topological polar surface area (TPSA) is 60.2 Å². The second-order valence-corrected chi connectivity index (χ2v) is 4.74. The molecule has 1 aliphatic carbocycles. The maximum Gasteiger partial charge on any atom is 0.0834 e. The number of rotatable bonds is 5. The Bertz CT molecular complexity index is 371. The van der Waals surface area contributed by atoms with Crippen LogP contribution in [0.2, 0.25) is 0 Å². The fraction of sp³-hybridized carbons (Fsp3) is 0.615. The molecular weight excluding hydrogens is 214 g/mol. The van der Waals surface area contributed by atoms with E-state index in [0.29, 0.717) is 6.04 Å². The van der Waals surface area contributed by atoms with Crippen LogP contribution in [0.15, 0.2) is 18.5 Å². The quantitative estimate of drug-likeness (QED) is 0.809. The van der Waals surface area contributed by atoms with Crippen molar-refractivity contribution in [1.82, 2.24) is 10.3 Å². The van der Waals surface area contributed by atoms with Gasteiger partial charge in [-0.2, -0.15) is 0 Å². The van der Waals surface area contributed by atoms with Crippen LogP contribution in [0.5, 0.6) is 0 Å².